The fourth-order valence-electron chi connectivity index (χ4n) is 3.73. The largest absolute Gasteiger partial charge is 0.385 e. The first-order valence-corrected chi connectivity index (χ1v) is 13.1. The second-order valence-corrected chi connectivity index (χ2v) is 10.6. The molecule has 0 heterocycles. The van der Waals surface area contributed by atoms with E-state index in [0.717, 1.165) is 28.9 Å². The summed E-state index contributed by atoms with van der Waals surface area (Å²) in [6.45, 7) is 8.64. The monoisotopic (exact) mass is 535 g/mol. The lowest BCUT2D eigenvalue weighted by Gasteiger charge is -2.19. The maximum absolute atomic E-state index is 13.3. The molecule has 0 atom stereocenters. The predicted octanol–water partition coefficient (Wildman–Crippen LogP) is 7.30. The van der Waals surface area contributed by atoms with Crippen molar-refractivity contribution in [3.8, 4) is 0 Å². The van der Waals surface area contributed by atoms with Gasteiger partial charge in [-0.15, -0.1) is 0 Å². The minimum atomic E-state index is -0.507. The number of hydrogen-bond donors (Lipinski definition) is 3. The van der Waals surface area contributed by atoms with Crippen LogP contribution in [0.3, 0.4) is 0 Å². The average molecular weight is 536 g/mol. The van der Waals surface area contributed by atoms with Crippen LogP contribution in [-0.4, -0.2) is 24.9 Å². The lowest BCUT2D eigenvalue weighted by molar-refractivity contribution is -0.128. The van der Waals surface area contributed by atoms with Crippen molar-refractivity contribution in [3.05, 3.63) is 93.8 Å². The molecule has 2 aromatic carbocycles. The van der Waals surface area contributed by atoms with Crippen LogP contribution in [0.5, 0.6) is 0 Å². The van der Waals surface area contributed by atoms with E-state index in [4.69, 9.17) is 11.6 Å². The SMILES string of the molecule is CCNc1ccc(NC(=O)C2=C(\Cl)C/C=C\C/C(CNC(=O)C(C)(C)C)=C\2)cc1/C=C/c1ccc(F)cc1. The number of rotatable bonds is 8. The van der Waals surface area contributed by atoms with Gasteiger partial charge in [0, 0.05) is 41.3 Å². The average Bonchev–Trinajstić information content (AvgIpc) is 2.86. The zero-order valence-corrected chi connectivity index (χ0v) is 23.1. The van der Waals surface area contributed by atoms with E-state index >= 15 is 0 Å². The molecule has 3 N–H and O–H groups in total. The summed E-state index contributed by atoms with van der Waals surface area (Å²) in [7, 11) is 0. The van der Waals surface area contributed by atoms with Gasteiger partial charge in [0.05, 0.1) is 5.57 Å². The van der Waals surface area contributed by atoms with Gasteiger partial charge in [0.25, 0.3) is 5.91 Å². The van der Waals surface area contributed by atoms with Crippen molar-refractivity contribution in [3.63, 3.8) is 0 Å². The van der Waals surface area contributed by atoms with Crippen molar-refractivity contribution in [1.29, 1.82) is 0 Å². The van der Waals surface area contributed by atoms with Crippen molar-refractivity contribution < 1.29 is 14.0 Å². The van der Waals surface area contributed by atoms with Gasteiger partial charge in [0.15, 0.2) is 0 Å². The Kier molecular flexibility index (Phi) is 10.1. The maximum atomic E-state index is 13.3. The molecule has 0 saturated carbocycles. The Balaban J connectivity index is 1.83. The summed E-state index contributed by atoms with van der Waals surface area (Å²) in [4.78, 5) is 25.7. The number of amides is 2. The van der Waals surface area contributed by atoms with E-state index in [1.54, 1.807) is 18.2 Å². The number of hydrogen-bond acceptors (Lipinski definition) is 3. The number of halogens is 2. The van der Waals surface area contributed by atoms with Crippen molar-refractivity contribution in [2.75, 3.05) is 23.7 Å². The van der Waals surface area contributed by atoms with Gasteiger partial charge in [0.2, 0.25) is 5.91 Å². The molecule has 7 heteroatoms. The van der Waals surface area contributed by atoms with Gasteiger partial charge in [-0.25, -0.2) is 4.39 Å². The van der Waals surface area contributed by atoms with E-state index in [0.29, 0.717) is 35.7 Å². The van der Waals surface area contributed by atoms with Crippen molar-refractivity contribution >= 4 is 46.9 Å². The summed E-state index contributed by atoms with van der Waals surface area (Å²) >= 11 is 6.54. The topological polar surface area (TPSA) is 70.2 Å². The van der Waals surface area contributed by atoms with Gasteiger partial charge < -0.3 is 16.0 Å². The van der Waals surface area contributed by atoms with Crippen molar-refractivity contribution in [2.45, 2.75) is 40.5 Å². The Hall–Kier alpha value is -3.64. The molecule has 0 spiro atoms. The van der Waals surface area contributed by atoms with Crippen LogP contribution in [0, 0.1) is 11.2 Å². The van der Waals surface area contributed by atoms with Gasteiger partial charge >= 0.3 is 0 Å². The van der Waals surface area contributed by atoms with Crippen molar-refractivity contribution in [2.24, 2.45) is 5.41 Å². The zero-order valence-electron chi connectivity index (χ0n) is 22.3. The van der Waals surface area contributed by atoms with Crippen LogP contribution in [0.25, 0.3) is 12.2 Å². The Labute approximate surface area is 229 Å². The third-order valence-electron chi connectivity index (χ3n) is 5.89. The molecule has 200 valence electrons. The minimum absolute atomic E-state index is 0.0625. The zero-order chi connectivity index (χ0) is 27.7. The summed E-state index contributed by atoms with van der Waals surface area (Å²) in [5.74, 6) is -0.672. The molecule has 3 rings (SSSR count). The second-order valence-electron chi connectivity index (χ2n) is 10.1. The minimum Gasteiger partial charge on any atom is -0.385 e. The molecule has 1 aliphatic carbocycles. The summed E-state index contributed by atoms with van der Waals surface area (Å²) in [5.41, 5.74) is 4.00. The maximum Gasteiger partial charge on any atom is 0.256 e. The number of carbonyl (C=O) groups is 2. The summed E-state index contributed by atoms with van der Waals surface area (Å²) < 4.78 is 13.3. The Morgan fingerprint density at radius 1 is 1.03 bits per heavy atom. The lowest BCUT2D eigenvalue weighted by atomic mass is 9.95. The first-order chi connectivity index (χ1) is 18.1. The highest BCUT2D eigenvalue weighted by Crippen LogP contribution is 2.26. The molecular formula is C31H35ClFN3O2. The lowest BCUT2D eigenvalue weighted by Crippen LogP contribution is -2.36. The van der Waals surface area contributed by atoms with Crippen LogP contribution < -0.4 is 16.0 Å². The Bertz CT molecular complexity index is 1290. The fraction of sp³-hybridized carbons (Fsp3) is 0.290. The third kappa shape index (κ3) is 8.45. The number of nitrogens with one attached hydrogen (secondary N) is 3. The van der Waals surface area contributed by atoms with Gasteiger partial charge in [-0.2, -0.15) is 0 Å². The summed E-state index contributed by atoms with van der Waals surface area (Å²) in [6.07, 6.45) is 10.6. The van der Waals surface area contributed by atoms with E-state index in [-0.39, 0.29) is 17.6 Å². The molecule has 2 aromatic rings. The molecule has 0 bridgehead atoms. The first-order valence-electron chi connectivity index (χ1n) is 12.7. The normalized spacial score (nSPS) is 18.2. The Morgan fingerprint density at radius 2 is 1.74 bits per heavy atom. The molecular weight excluding hydrogens is 501 g/mol. The number of allylic oxidation sites excluding steroid dienone is 3. The highest BCUT2D eigenvalue weighted by atomic mass is 35.5. The third-order valence-corrected chi connectivity index (χ3v) is 6.25. The van der Waals surface area contributed by atoms with Crippen LogP contribution in [0.4, 0.5) is 15.8 Å². The number of benzene rings is 2. The summed E-state index contributed by atoms with van der Waals surface area (Å²) in [5, 5.41) is 9.66. The molecule has 0 fully saturated rings. The number of carbonyl (C=O) groups excluding carboxylic acids is 2. The molecule has 1 aliphatic rings. The van der Waals surface area contributed by atoms with Crippen LogP contribution >= 0.6 is 11.6 Å². The molecule has 5 nitrogen and oxygen atoms in total. The van der Waals surface area contributed by atoms with Crippen LogP contribution in [0.15, 0.2) is 76.9 Å². The van der Waals surface area contributed by atoms with E-state index in [9.17, 15) is 14.0 Å². The van der Waals surface area contributed by atoms with E-state index < -0.39 is 5.41 Å². The molecule has 2 amide bonds. The van der Waals surface area contributed by atoms with Gasteiger partial charge in [-0.1, -0.05) is 68.8 Å². The standard InChI is InChI=1S/C31H35ClFN3O2/c1-5-34-28-17-16-25(19-23(28)13-10-21-11-14-24(33)15-12-21)36-29(37)26-18-22(8-6-7-9-27(26)32)20-35-30(38)31(2,3)4/h6-7,10-19,34H,5,8-9,20H2,1-4H3,(H,35,38)(H,36,37)/b7-6-,13-10+,22-18+,27-26-. The molecule has 0 aliphatic heterocycles. The quantitative estimate of drug-likeness (QED) is 0.245. The van der Waals surface area contributed by atoms with Crippen LogP contribution in [0.2, 0.25) is 0 Å². The molecule has 0 saturated heterocycles. The van der Waals surface area contributed by atoms with E-state index in [1.807, 2.05) is 70.2 Å². The molecule has 38 heavy (non-hydrogen) atoms. The molecule has 0 radical (unpaired) electrons. The van der Waals surface area contributed by atoms with Crippen molar-refractivity contribution in [1.82, 2.24) is 5.32 Å². The van der Waals surface area contributed by atoms with E-state index in [1.165, 1.54) is 12.1 Å². The van der Waals surface area contributed by atoms with Gasteiger partial charge in [0.1, 0.15) is 5.82 Å². The van der Waals surface area contributed by atoms with Crippen LogP contribution in [0.1, 0.15) is 51.7 Å². The smallest absolute Gasteiger partial charge is 0.256 e. The van der Waals surface area contributed by atoms with Gasteiger partial charge in [-0.05, 0) is 66.5 Å². The predicted molar refractivity (Wildman–Crippen MR) is 156 cm³/mol. The molecule has 0 aromatic heterocycles. The first kappa shape index (κ1) is 28.9. The van der Waals surface area contributed by atoms with Gasteiger partial charge in [-0.3, -0.25) is 9.59 Å². The Morgan fingerprint density at radius 3 is 2.42 bits per heavy atom. The highest BCUT2D eigenvalue weighted by Gasteiger charge is 2.21. The number of anilines is 2. The second kappa shape index (κ2) is 13.2. The highest BCUT2D eigenvalue weighted by molar-refractivity contribution is 6.33. The fourth-order valence-corrected chi connectivity index (χ4v) is 3.96. The molecule has 0 unspecified atom stereocenters. The van der Waals surface area contributed by atoms with E-state index in [2.05, 4.69) is 16.0 Å². The summed E-state index contributed by atoms with van der Waals surface area (Å²) in [6, 6.07) is 11.9. The van der Waals surface area contributed by atoms with Crippen LogP contribution in [-0.2, 0) is 9.59 Å².